The second-order valence-electron chi connectivity index (χ2n) is 9.36. The van der Waals surface area contributed by atoms with E-state index in [4.69, 9.17) is 14.6 Å². The Labute approximate surface area is 227 Å². The van der Waals surface area contributed by atoms with Crippen molar-refractivity contribution < 1.29 is 24.3 Å². The highest BCUT2D eigenvalue weighted by Gasteiger charge is 2.21. The number of nitrogens with one attached hydrogen (secondary N) is 2. The highest BCUT2D eigenvalue weighted by molar-refractivity contribution is 6.22. The number of hydroxylamine groups is 1. The molecule has 0 radical (unpaired) electrons. The molecule has 0 unspecified atom stereocenters. The summed E-state index contributed by atoms with van der Waals surface area (Å²) in [7, 11) is 5.29. The van der Waals surface area contributed by atoms with E-state index >= 15 is 0 Å². The number of esters is 1. The van der Waals surface area contributed by atoms with Crippen molar-refractivity contribution >= 4 is 34.2 Å². The molecule has 0 aliphatic rings. The zero-order valence-corrected chi connectivity index (χ0v) is 22.4. The third kappa shape index (κ3) is 6.51. The highest BCUT2D eigenvalue weighted by atomic mass is 16.6. The molecule has 1 heterocycles. The predicted molar refractivity (Wildman–Crippen MR) is 151 cm³/mol. The van der Waals surface area contributed by atoms with Crippen LogP contribution in [0.25, 0.3) is 10.9 Å². The lowest BCUT2D eigenvalue weighted by molar-refractivity contribution is 0.0288. The zero-order chi connectivity index (χ0) is 27.9. The molecule has 1 amide bonds. The van der Waals surface area contributed by atoms with Gasteiger partial charge < -0.3 is 19.7 Å². The minimum Gasteiger partial charge on any atom is -0.494 e. The summed E-state index contributed by atoms with van der Waals surface area (Å²) >= 11 is 0. The molecule has 0 aliphatic carbocycles. The minimum atomic E-state index is -0.454. The van der Waals surface area contributed by atoms with E-state index in [2.05, 4.69) is 10.5 Å². The van der Waals surface area contributed by atoms with E-state index in [0.29, 0.717) is 51.2 Å². The van der Waals surface area contributed by atoms with Crippen LogP contribution in [0.4, 0.5) is 5.69 Å². The molecule has 0 bridgehead atoms. The number of hydrogen-bond acceptors (Lipinski definition) is 7. The number of fused-ring (bicyclic) bond motifs is 1. The van der Waals surface area contributed by atoms with Crippen LogP contribution in [0.5, 0.6) is 5.88 Å². The van der Waals surface area contributed by atoms with Crippen molar-refractivity contribution in [2.75, 3.05) is 34.4 Å². The van der Waals surface area contributed by atoms with Gasteiger partial charge in [-0.2, -0.15) is 0 Å². The summed E-state index contributed by atoms with van der Waals surface area (Å²) in [6, 6.07) is 19.8. The molecule has 39 heavy (non-hydrogen) atoms. The Morgan fingerprint density at radius 2 is 1.74 bits per heavy atom. The average molecular weight is 529 g/mol. The fourth-order valence-corrected chi connectivity index (χ4v) is 4.21. The Bertz CT molecular complexity index is 1490. The number of nitrogens with zero attached hydrogens (tertiary/aromatic N) is 2. The van der Waals surface area contributed by atoms with Gasteiger partial charge in [-0.1, -0.05) is 30.3 Å². The van der Waals surface area contributed by atoms with Crippen molar-refractivity contribution in [3.8, 4) is 5.88 Å². The first-order valence-electron chi connectivity index (χ1n) is 12.5. The van der Waals surface area contributed by atoms with Gasteiger partial charge in [0.1, 0.15) is 0 Å². The zero-order valence-electron chi connectivity index (χ0n) is 22.4. The Kier molecular flexibility index (Phi) is 8.75. The topological polar surface area (TPSA) is 116 Å². The Balaban J connectivity index is 1.66. The molecular weight excluding hydrogens is 496 g/mol. The number of aromatic amines is 1. The number of methoxy groups -OCH3 is 1. The van der Waals surface area contributed by atoms with Crippen LogP contribution in [0.1, 0.15) is 43.8 Å². The summed E-state index contributed by atoms with van der Waals surface area (Å²) < 4.78 is 4.89. The maximum absolute atomic E-state index is 12.5. The van der Waals surface area contributed by atoms with Gasteiger partial charge in [0, 0.05) is 22.0 Å². The van der Waals surface area contributed by atoms with Crippen molar-refractivity contribution in [3.63, 3.8) is 0 Å². The Morgan fingerprint density at radius 3 is 2.41 bits per heavy atom. The summed E-state index contributed by atoms with van der Waals surface area (Å²) in [5.74, 6) is -0.869. The summed E-state index contributed by atoms with van der Waals surface area (Å²) in [6.07, 6.45) is 0.799. The SMILES string of the molecule is COC(=O)c1cc2[nH]c(O)c(C(=Nc3ccc(C(=O)NOCCCN(C)C)cc3)c3ccccc3)c2cc1C. The molecule has 9 heteroatoms. The number of carbonyl (C=O) groups is 2. The van der Waals surface area contributed by atoms with Gasteiger partial charge in [-0.25, -0.2) is 15.3 Å². The third-order valence-electron chi connectivity index (χ3n) is 6.20. The van der Waals surface area contributed by atoms with E-state index < -0.39 is 5.97 Å². The molecule has 0 saturated heterocycles. The lowest BCUT2D eigenvalue weighted by atomic mass is 9.98. The lowest BCUT2D eigenvalue weighted by Crippen LogP contribution is -2.25. The molecule has 4 aromatic rings. The van der Waals surface area contributed by atoms with Gasteiger partial charge in [-0.3, -0.25) is 9.63 Å². The van der Waals surface area contributed by atoms with E-state index in [0.717, 1.165) is 18.5 Å². The fourth-order valence-electron chi connectivity index (χ4n) is 4.21. The summed E-state index contributed by atoms with van der Waals surface area (Å²) in [5.41, 5.74) is 7.01. The van der Waals surface area contributed by atoms with Crippen molar-refractivity contribution in [1.82, 2.24) is 15.4 Å². The molecule has 0 saturated carbocycles. The lowest BCUT2D eigenvalue weighted by Gasteiger charge is -2.10. The Hall–Kier alpha value is -4.47. The molecule has 9 nitrogen and oxygen atoms in total. The van der Waals surface area contributed by atoms with E-state index in [-0.39, 0.29) is 11.8 Å². The van der Waals surface area contributed by atoms with E-state index in [1.165, 1.54) is 7.11 Å². The summed E-state index contributed by atoms with van der Waals surface area (Å²) in [5, 5.41) is 11.7. The van der Waals surface area contributed by atoms with Crippen LogP contribution < -0.4 is 5.48 Å². The second kappa shape index (κ2) is 12.4. The first kappa shape index (κ1) is 27.6. The molecule has 3 N–H and O–H groups in total. The molecule has 4 rings (SSSR count). The molecule has 0 fully saturated rings. The third-order valence-corrected chi connectivity index (χ3v) is 6.20. The van der Waals surface area contributed by atoms with Crippen LogP contribution in [0.2, 0.25) is 0 Å². The van der Waals surface area contributed by atoms with Crippen LogP contribution in [-0.4, -0.2) is 66.9 Å². The second-order valence-corrected chi connectivity index (χ2v) is 9.36. The number of ether oxygens (including phenoxy) is 1. The predicted octanol–water partition coefficient (Wildman–Crippen LogP) is 4.75. The van der Waals surface area contributed by atoms with Gasteiger partial charge in [-0.05, 0) is 75.9 Å². The normalized spacial score (nSPS) is 11.7. The van der Waals surface area contributed by atoms with Gasteiger partial charge in [0.25, 0.3) is 5.91 Å². The van der Waals surface area contributed by atoms with Crippen molar-refractivity contribution in [2.24, 2.45) is 4.99 Å². The van der Waals surface area contributed by atoms with Gasteiger partial charge in [0.2, 0.25) is 0 Å². The number of aryl methyl sites for hydroxylation is 1. The maximum Gasteiger partial charge on any atom is 0.338 e. The fraction of sp³-hybridized carbons (Fsp3) is 0.233. The van der Waals surface area contributed by atoms with Crippen LogP contribution in [-0.2, 0) is 9.57 Å². The van der Waals surface area contributed by atoms with Gasteiger partial charge in [0.15, 0.2) is 5.88 Å². The average Bonchev–Trinajstić information content (AvgIpc) is 3.25. The van der Waals surface area contributed by atoms with E-state index in [1.54, 1.807) is 30.3 Å². The standard InChI is InChI=1S/C30H32N4O5/c1-19-17-24-25(18-23(19)30(37)38-4)32-29(36)26(24)27(20-9-6-5-7-10-20)31-22-13-11-21(12-14-22)28(35)33-39-16-8-15-34(2)3/h5-7,9-14,17-18,32,36H,8,15-16H2,1-4H3,(H,33,35). The van der Waals surface area contributed by atoms with Crippen LogP contribution in [0.15, 0.2) is 71.7 Å². The number of aromatic hydroxyl groups is 1. The number of H-pyrrole nitrogens is 1. The van der Waals surface area contributed by atoms with E-state index in [9.17, 15) is 14.7 Å². The number of aromatic nitrogens is 1. The maximum atomic E-state index is 12.5. The summed E-state index contributed by atoms with van der Waals surface area (Å²) in [6.45, 7) is 3.10. The molecule has 3 aromatic carbocycles. The first-order chi connectivity index (χ1) is 18.8. The van der Waals surface area contributed by atoms with Crippen molar-refractivity contribution in [2.45, 2.75) is 13.3 Å². The largest absolute Gasteiger partial charge is 0.494 e. The van der Waals surface area contributed by atoms with Crippen LogP contribution in [0, 0.1) is 6.92 Å². The molecule has 0 aliphatic heterocycles. The molecular formula is C30H32N4O5. The number of benzene rings is 3. The molecule has 1 aromatic heterocycles. The quantitative estimate of drug-likeness (QED) is 0.118. The van der Waals surface area contributed by atoms with Crippen molar-refractivity contribution in [1.29, 1.82) is 0 Å². The van der Waals surface area contributed by atoms with Crippen LogP contribution >= 0.6 is 0 Å². The van der Waals surface area contributed by atoms with Crippen LogP contribution in [0.3, 0.4) is 0 Å². The monoisotopic (exact) mass is 528 g/mol. The van der Waals surface area contributed by atoms with Gasteiger partial charge >= 0.3 is 5.97 Å². The molecule has 0 spiro atoms. The number of carbonyl (C=O) groups excluding carboxylic acids is 2. The highest BCUT2D eigenvalue weighted by Crippen LogP contribution is 2.33. The Morgan fingerprint density at radius 1 is 1.03 bits per heavy atom. The number of amides is 1. The van der Waals surface area contributed by atoms with Crippen molar-refractivity contribution in [3.05, 3.63) is 94.5 Å². The number of aliphatic imine (C=N–C) groups is 1. The molecule has 0 atom stereocenters. The first-order valence-corrected chi connectivity index (χ1v) is 12.5. The summed E-state index contributed by atoms with van der Waals surface area (Å²) in [4.78, 5) is 39.8. The van der Waals surface area contributed by atoms with E-state index in [1.807, 2.05) is 62.3 Å². The minimum absolute atomic E-state index is 0.0727. The van der Waals surface area contributed by atoms with Gasteiger partial charge in [0.05, 0.1) is 36.2 Å². The number of hydrogen-bond donors (Lipinski definition) is 3. The molecule has 202 valence electrons. The number of rotatable bonds is 10. The van der Waals surface area contributed by atoms with Gasteiger partial charge in [-0.15, -0.1) is 0 Å². The smallest absolute Gasteiger partial charge is 0.338 e.